The Morgan fingerprint density at radius 2 is 1.70 bits per heavy atom. The van der Waals surface area contributed by atoms with E-state index in [1.165, 1.54) is 24.2 Å². The molecule has 1 aliphatic heterocycles. The van der Waals surface area contributed by atoms with Gasteiger partial charge < -0.3 is 24.2 Å². The van der Waals surface area contributed by atoms with E-state index in [4.69, 9.17) is 14.2 Å². The van der Waals surface area contributed by atoms with Crippen molar-refractivity contribution in [3.05, 3.63) is 18.2 Å². The zero-order valence-corrected chi connectivity index (χ0v) is 14.7. The minimum absolute atomic E-state index is 0.236. The molecule has 4 atom stereocenters. The number of piperidine rings is 1. The average molecular weight is 324 g/mol. The molecule has 2 N–H and O–H groups in total. The lowest BCUT2D eigenvalue weighted by atomic mass is 9.97. The van der Waals surface area contributed by atoms with Gasteiger partial charge in [-0.15, -0.1) is 0 Å². The fourth-order valence-electron chi connectivity index (χ4n) is 3.46. The molecular weight excluding hydrogens is 294 g/mol. The largest absolute Gasteiger partial charge is 0.493 e. The van der Waals surface area contributed by atoms with E-state index in [0.29, 0.717) is 35.9 Å². The van der Waals surface area contributed by atoms with Crippen LogP contribution in [0.5, 0.6) is 17.2 Å². The van der Waals surface area contributed by atoms with Crippen molar-refractivity contribution in [3.8, 4) is 17.2 Å². The number of hydrogen-bond donors (Lipinski definition) is 2. The smallest absolute Gasteiger partial charge is 0.203 e. The van der Waals surface area contributed by atoms with E-state index < -0.39 is 6.10 Å². The van der Waals surface area contributed by atoms with Gasteiger partial charge in [0.1, 0.15) is 19.3 Å². The van der Waals surface area contributed by atoms with Gasteiger partial charge in [0.05, 0.1) is 26.3 Å². The van der Waals surface area contributed by atoms with Crippen LogP contribution >= 0.6 is 0 Å². The number of hydrogen-bond acceptors (Lipinski definition) is 4. The molecule has 0 radical (unpaired) electrons. The number of likely N-dealkylation sites (tertiary alicyclic amines) is 1. The molecule has 23 heavy (non-hydrogen) atoms. The van der Waals surface area contributed by atoms with Crippen LogP contribution in [0.15, 0.2) is 18.2 Å². The fourth-order valence-corrected chi connectivity index (χ4v) is 3.46. The third-order valence-corrected chi connectivity index (χ3v) is 4.81. The number of rotatable bonds is 7. The summed E-state index contributed by atoms with van der Waals surface area (Å²) in [6.45, 7) is 5.48. The first-order valence-corrected chi connectivity index (χ1v) is 8.44. The standard InChI is InChI=1S/C18H29NO4/c1-13-7-5-8-14(2)19(13)11-15(20)12-23-18-16(21-3)9-6-10-17(18)22-4/h6,9-10,13-15,20H,5,7-8,11-12H2,1-4H3/p+1/t13-,14+,15-/m0/s1. The molecule has 0 spiro atoms. The number of benzene rings is 1. The third kappa shape index (κ3) is 4.52. The Bertz CT molecular complexity index is 462. The second-order valence-corrected chi connectivity index (χ2v) is 6.47. The molecule has 1 saturated heterocycles. The second kappa shape index (κ2) is 8.41. The zero-order chi connectivity index (χ0) is 16.8. The van der Waals surface area contributed by atoms with Gasteiger partial charge in [-0.2, -0.15) is 0 Å². The van der Waals surface area contributed by atoms with Crippen LogP contribution < -0.4 is 19.1 Å². The number of aliphatic hydroxyl groups is 1. The quantitative estimate of drug-likeness (QED) is 0.794. The summed E-state index contributed by atoms with van der Waals surface area (Å²) in [5.41, 5.74) is 0. The van der Waals surface area contributed by atoms with Crippen LogP contribution in [0, 0.1) is 0 Å². The minimum Gasteiger partial charge on any atom is -0.493 e. The second-order valence-electron chi connectivity index (χ2n) is 6.47. The summed E-state index contributed by atoms with van der Waals surface area (Å²) in [4.78, 5) is 1.47. The highest BCUT2D eigenvalue weighted by Gasteiger charge is 2.30. The van der Waals surface area contributed by atoms with E-state index in [9.17, 15) is 5.11 Å². The average Bonchev–Trinajstić information content (AvgIpc) is 2.56. The van der Waals surface area contributed by atoms with Crippen LogP contribution in [0.25, 0.3) is 0 Å². The predicted octanol–water partition coefficient (Wildman–Crippen LogP) is 1.29. The van der Waals surface area contributed by atoms with E-state index >= 15 is 0 Å². The molecule has 1 fully saturated rings. The highest BCUT2D eigenvalue weighted by atomic mass is 16.5. The third-order valence-electron chi connectivity index (χ3n) is 4.81. The van der Waals surface area contributed by atoms with Crippen LogP contribution in [0.1, 0.15) is 33.1 Å². The highest BCUT2D eigenvalue weighted by molar-refractivity contribution is 5.51. The van der Waals surface area contributed by atoms with E-state index in [1.54, 1.807) is 14.2 Å². The van der Waals surface area contributed by atoms with Crippen LogP contribution in [0.3, 0.4) is 0 Å². The Balaban J connectivity index is 1.95. The van der Waals surface area contributed by atoms with Crippen LogP contribution in [-0.4, -0.2) is 50.7 Å². The molecule has 1 heterocycles. The molecule has 1 unspecified atom stereocenters. The highest BCUT2D eigenvalue weighted by Crippen LogP contribution is 2.36. The molecule has 0 bridgehead atoms. The summed E-state index contributed by atoms with van der Waals surface area (Å²) < 4.78 is 16.4. The Hall–Kier alpha value is -1.46. The van der Waals surface area contributed by atoms with Crippen molar-refractivity contribution >= 4 is 0 Å². The lowest BCUT2D eigenvalue weighted by molar-refractivity contribution is -0.954. The Morgan fingerprint density at radius 3 is 2.22 bits per heavy atom. The minimum atomic E-state index is -0.511. The van der Waals surface area contributed by atoms with Crippen molar-refractivity contribution in [3.63, 3.8) is 0 Å². The van der Waals surface area contributed by atoms with E-state index in [2.05, 4.69) is 13.8 Å². The molecule has 0 aromatic heterocycles. The molecule has 5 heteroatoms. The first kappa shape index (κ1) is 17.9. The molecule has 130 valence electrons. The van der Waals surface area contributed by atoms with Gasteiger partial charge in [0.15, 0.2) is 11.5 Å². The maximum Gasteiger partial charge on any atom is 0.203 e. The molecular formula is C18H30NO4+. The molecule has 2 rings (SSSR count). The van der Waals surface area contributed by atoms with Gasteiger partial charge in [-0.1, -0.05) is 6.07 Å². The number of ether oxygens (including phenoxy) is 3. The van der Waals surface area contributed by atoms with Crippen LogP contribution in [0.4, 0.5) is 0 Å². The Morgan fingerprint density at radius 1 is 1.13 bits per heavy atom. The van der Waals surface area contributed by atoms with Crippen LogP contribution in [-0.2, 0) is 0 Å². The van der Waals surface area contributed by atoms with Crippen molar-refractivity contribution in [1.82, 2.24) is 0 Å². The number of nitrogens with one attached hydrogen (secondary N) is 1. The van der Waals surface area contributed by atoms with Crippen molar-refractivity contribution in [1.29, 1.82) is 0 Å². The molecule has 1 aromatic carbocycles. The summed E-state index contributed by atoms with van der Waals surface area (Å²) >= 11 is 0. The van der Waals surface area contributed by atoms with Crippen molar-refractivity contribution in [2.45, 2.75) is 51.3 Å². The van der Waals surface area contributed by atoms with Crippen molar-refractivity contribution < 1.29 is 24.2 Å². The van der Waals surface area contributed by atoms with Crippen molar-refractivity contribution in [2.75, 3.05) is 27.4 Å². The van der Waals surface area contributed by atoms with E-state index in [0.717, 1.165) is 0 Å². The molecule has 0 aliphatic carbocycles. The first-order valence-electron chi connectivity index (χ1n) is 8.44. The SMILES string of the molecule is COc1cccc(OC)c1OC[C@@H](O)C[NH+]1[C@H](C)CCC[C@@H]1C. The normalized spacial score (nSPS) is 25.7. The molecule has 0 saturated carbocycles. The van der Waals surface area contributed by atoms with Gasteiger partial charge in [-0.25, -0.2) is 0 Å². The summed E-state index contributed by atoms with van der Waals surface area (Å²) in [5, 5.41) is 10.4. The topological polar surface area (TPSA) is 52.4 Å². The van der Waals surface area contributed by atoms with Crippen molar-refractivity contribution in [2.24, 2.45) is 0 Å². The summed E-state index contributed by atoms with van der Waals surface area (Å²) in [6.07, 6.45) is 3.24. The van der Waals surface area contributed by atoms with Gasteiger partial charge in [0.2, 0.25) is 5.75 Å². The van der Waals surface area contributed by atoms with Crippen LogP contribution in [0.2, 0.25) is 0 Å². The number of aliphatic hydroxyl groups excluding tert-OH is 1. The summed E-state index contributed by atoms with van der Waals surface area (Å²) in [6, 6.07) is 6.68. The van der Waals surface area contributed by atoms with Gasteiger partial charge in [-0.3, -0.25) is 0 Å². The van der Waals surface area contributed by atoms with Gasteiger partial charge >= 0.3 is 0 Å². The van der Waals surface area contributed by atoms with E-state index in [-0.39, 0.29) is 6.61 Å². The maximum absolute atomic E-state index is 10.4. The zero-order valence-electron chi connectivity index (χ0n) is 14.7. The molecule has 5 nitrogen and oxygen atoms in total. The maximum atomic E-state index is 10.4. The number of para-hydroxylation sites is 1. The molecule has 1 aromatic rings. The summed E-state index contributed by atoms with van der Waals surface area (Å²) in [7, 11) is 3.19. The Kier molecular flexibility index (Phi) is 6.54. The van der Waals surface area contributed by atoms with Gasteiger partial charge in [0, 0.05) is 0 Å². The summed E-state index contributed by atoms with van der Waals surface area (Å²) in [5.74, 6) is 1.78. The number of methoxy groups -OCH3 is 2. The lowest BCUT2D eigenvalue weighted by Gasteiger charge is -2.36. The number of quaternary nitrogens is 1. The Labute approximate surface area is 139 Å². The van der Waals surface area contributed by atoms with Gasteiger partial charge in [0.25, 0.3) is 0 Å². The van der Waals surface area contributed by atoms with Gasteiger partial charge in [-0.05, 0) is 45.2 Å². The molecule has 0 amide bonds. The molecule has 1 aliphatic rings. The monoisotopic (exact) mass is 324 g/mol. The predicted molar refractivity (Wildman–Crippen MR) is 89.7 cm³/mol. The fraction of sp³-hybridized carbons (Fsp3) is 0.667. The first-order chi connectivity index (χ1) is 11.1. The van der Waals surface area contributed by atoms with E-state index in [1.807, 2.05) is 18.2 Å². The lowest BCUT2D eigenvalue weighted by Crippen LogP contribution is -3.20.